The van der Waals surface area contributed by atoms with E-state index in [1.54, 1.807) is 18.2 Å². The summed E-state index contributed by atoms with van der Waals surface area (Å²) in [6, 6.07) is 11.0. The molecular formula is C10H9NO2S. The van der Waals surface area contributed by atoms with Gasteiger partial charge in [-0.2, -0.15) is 0 Å². The van der Waals surface area contributed by atoms with Crippen molar-refractivity contribution < 1.29 is 9.79 Å². The molecule has 0 N–H and O–H groups in total. The molecule has 0 saturated carbocycles. The van der Waals surface area contributed by atoms with Crippen molar-refractivity contribution in [3.63, 3.8) is 0 Å². The molecule has 0 fully saturated rings. The molecule has 0 aliphatic carbocycles. The Hall–Kier alpha value is -1.55. The number of aromatic nitrogens is 1. The normalized spacial score (nSPS) is 12.4. The lowest BCUT2D eigenvalue weighted by Gasteiger charge is -2.04. The van der Waals surface area contributed by atoms with Crippen molar-refractivity contribution >= 4 is 10.0 Å². The van der Waals surface area contributed by atoms with Crippen LogP contribution in [0.25, 0.3) is 0 Å². The zero-order valence-electron chi connectivity index (χ0n) is 8.29. The highest BCUT2D eigenvalue weighted by molar-refractivity contribution is 7.90. The molecule has 4 heteroatoms. The van der Waals surface area contributed by atoms with E-state index in [9.17, 15) is 8.42 Å². The Morgan fingerprint density at radius 2 is 1.79 bits per heavy atom. The van der Waals surface area contributed by atoms with Crippen LogP contribution in [0.2, 0.25) is 0 Å². The highest BCUT2D eigenvalue weighted by Crippen LogP contribution is 2.12. The summed E-state index contributed by atoms with van der Waals surface area (Å²) in [5, 5.41) is 0. The first kappa shape index (κ1) is 7.82. The Morgan fingerprint density at radius 1 is 1.07 bits per heavy atom. The highest BCUT2D eigenvalue weighted by atomic mass is 32.2. The Morgan fingerprint density at radius 3 is 2.36 bits per heavy atom. The molecule has 14 heavy (non-hydrogen) atoms. The smallest absolute Gasteiger partial charge is 0.249 e. The summed E-state index contributed by atoms with van der Waals surface area (Å²) in [5.41, 5.74) is 0. The van der Waals surface area contributed by atoms with Crippen LogP contribution in [0.3, 0.4) is 0 Å². The van der Waals surface area contributed by atoms with Crippen molar-refractivity contribution in [3.8, 4) is 0 Å². The molecule has 1 aromatic carbocycles. The first-order chi connectivity index (χ1) is 7.12. The maximum atomic E-state index is 12.0. The lowest BCUT2D eigenvalue weighted by molar-refractivity contribution is 0.587. The van der Waals surface area contributed by atoms with E-state index in [1.165, 1.54) is 30.5 Å². The molecule has 0 radical (unpaired) electrons. The topological polar surface area (TPSA) is 39.1 Å². The maximum absolute atomic E-state index is 12.0. The van der Waals surface area contributed by atoms with Crippen LogP contribution in [0.5, 0.6) is 0 Å². The maximum Gasteiger partial charge on any atom is 0.267 e. The van der Waals surface area contributed by atoms with Crippen molar-refractivity contribution in [1.82, 2.24) is 3.97 Å². The molecule has 0 amide bonds. The van der Waals surface area contributed by atoms with Gasteiger partial charge in [0.05, 0.1) is 6.27 Å². The van der Waals surface area contributed by atoms with Crippen LogP contribution in [-0.4, -0.2) is 12.4 Å². The van der Waals surface area contributed by atoms with Gasteiger partial charge >= 0.3 is 0 Å². The summed E-state index contributed by atoms with van der Waals surface area (Å²) < 4.78 is 32.3. The van der Waals surface area contributed by atoms with Gasteiger partial charge in [0.2, 0.25) is 0 Å². The second-order valence-corrected chi connectivity index (χ2v) is 4.57. The zero-order valence-corrected chi connectivity index (χ0v) is 8.11. The molecule has 0 bridgehead atoms. The van der Waals surface area contributed by atoms with Gasteiger partial charge in [-0.05, 0) is 24.3 Å². The van der Waals surface area contributed by atoms with Crippen LogP contribution in [0.15, 0.2) is 59.7 Å². The molecule has 2 rings (SSSR count). The van der Waals surface area contributed by atoms with E-state index in [0.29, 0.717) is 0 Å². The van der Waals surface area contributed by atoms with Crippen LogP contribution in [0, 0.1) is 0 Å². The van der Waals surface area contributed by atoms with Crippen molar-refractivity contribution in [2.75, 3.05) is 0 Å². The van der Waals surface area contributed by atoms with E-state index in [0.717, 1.165) is 3.97 Å². The van der Waals surface area contributed by atoms with Gasteiger partial charge in [0.1, 0.15) is 0 Å². The summed E-state index contributed by atoms with van der Waals surface area (Å²) in [5.74, 6) is 0. The van der Waals surface area contributed by atoms with Gasteiger partial charge in [-0.3, -0.25) is 0 Å². The highest BCUT2D eigenvalue weighted by Gasteiger charge is 2.13. The zero-order chi connectivity index (χ0) is 10.9. The number of nitrogens with zero attached hydrogens (tertiary/aromatic N) is 1. The van der Waals surface area contributed by atoms with E-state index in [2.05, 4.69) is 0 Å². The van der Waals surface area contributed by atoms with Crippen LogP contribution < -0.4 is 0 Å². The molecular weight excluding hydrogens is 198 g/mol. The molecule has 0 unspecified atom stereocenters. The predicted molar refractivity (Wildman–Crippen MR) is 53.5 cm³/mol. The van der Waals surface area contributed by atoms with Crippen molar-refractivity contribution in [1.29, 1.82) is 0 Å². The van der Waals surface area contributed by atoms with Crippen molar-refractivity contribution in [2.45, 2.75) is 4.90 Å². The van der Waals surface area contributed by atoms with Gasteiger partial charge in [-0.15, -0.1) is 0 Å². The molecule has 1 heterocycles. The third-order valence-electron chi connectivity index (χ3n) is 1.82. The Kier molecular flexibility index (Phi) is 1.85. The van der Waals surface area contributed by atoms with Gasteiger partial charge in [0, 0.05) is 12.4 Å². The van der Waals surface area contributed by atoms with Gasteiger partial charge in [0.15, 0.2) is 0 Å². The largest absolute Gasteiger partial charge is 0.267 e. The summed E-state index contributed by atoms with van der Waals surface area (Å²) in [6.45, 7) is 0. The molecule has 0 aliphatic heterocycles. The van der Waals surface area contributed by atoms with E-state index in [-0.39, 0.29) is 11.1 Å². The minimum absolute atomic E-state index is 0.0427. The second kappa shape index (κ2) is 3.31. The Bertz CT molecular complexity index is 560. The monoisotopic (exact) mass is 208 g/mol. The quantitative estimate of drug-likeness (QED) is 0.753. The van der Waals surface area contributed by atoms with E-state index in [1.807, 2.05) is 0 Å². The van der Waals surface area contributed by atoms with Crippen LogP contribution >= 0.6 is 0 Å². The molecule has 3 nitrogen and oxygen atoms in total. The van der Waals surface area contributed by atoms with Gasteiger partial charge in [-0.25, -0.2) is 12.4 Å². The average Bonchev–Trinajstić information content (AvgIpc) is 2.66. The van der Waals surface area contributed by atoms with Crippen LogP contribution in [0.4, 0.5) is 0 Å². The lowest BCUT2D eigenvalue weighted by atomic mass is 10.4. The summed E-state index contributed by atoms with van der Waals surface area (Å²) in [4.78, 5) is 0.190. The minimum atomic E-state index is -3.60. The molecule has 72 valence electrons. The fourth-order valence-electron chi connectivity index (χ4n) is 1.14. The van der Waals surface area contributed by atoms with Gasteiger partial charge in [0.25, 0.3) is 10.0 Å². The lowest BCUT2D eigenvalue weighted by Crippen LogP contribution is -2.10. The average molecular weight is 208 g/mol. The number of benzene rings is 1. The predicted octanol–water partition coefficient (Wildman–Crippen LogP) is 1.73. The molecule has 0 atom stereocenters. The minimum Gasteiger partial charge on any atom is -0.249 e. The van der Waals surface area contributed by atoms with Crippen LogP contribution in [0.1, 0.15) is 1.37 Å². The van der Waals surface area contributed by atoms with Gasteiger partial charge < -0.3 is 0 Å². The SMILES string of the molecule is [2H]c1cccn1S(=O)(=O)c1ccccc1. The Balaban J connectivity index is 2.60. The summed E-state index contributed by atoms with van der Waals surface area (Å²) >= 11 is 0. The standard InChI is InChI=1S/C10H9NO2S/c12-14(13,11-8-4-5-9-11)10-6-2-1-3-7-10/h1-9H/i8D. The van der Waals surface area contributed by atoms with Crippen molar-refractivity contribution in [3.05, 3.63) is 54.8 Å². The third-order valence-corrected chi connectivity index (χ3v) is 3.43. The number of hydrogen-bond acceptors (Lipinski definition) is 2. The first-order valence-corrected chi connectivity index (χ1v) is 5.51. The Labute approximate surface area is 84.1 Å². The number of rotatable bonds is 2. The summed E-state index contributed by atoms with van der Waals surface area (Å²) in [7, 11) is -3.60. The van der Waals surface area contributed by atoms with Crippen molar-refractivity contribution in [2.24, 2.45) is 0 Å². The molecule has 1 aromatic heterocycles. The number of hydrogen-bond donors (Lipinski definition) is 0. The molecule has 0 aliphatic rings. The van der Waals surface area contributed by atoms with E-state index in [4.69, 9.17) is 1.37 Å². The van der Waals surface area contributed by atoms with E-state index < -0.39 is 10.0 Å². The fraction of sp³-hybridized carbons (Fsp3) is 0. The van der Waals surface area contributed by atoms with Gasteiger partial charge in [-0.1, -0.05) is 18.2 Å². The molecule has 2 aromatic rings. The molecule has 0 saturated heterocycles. The van der Waals surface area contributed by atoms with E-state index >= 15 is 0 Å². The summed E-state index contributed by atoms with van der Waals surface area (Å²) in [6.07, 6.45) is 1.32. The van der Waals surface area contributed by atoms with Crippen LogP contribution in [-0.2, 0) is 10.0 Å². The third kappa shape index (κ3) is 1.44. The second-order valence-electron chi connectivity index (χ2n) is 2.75. The fourth-order valence-corrected chi connectivity index (χ4v) is 2.29. The first-order valence-electron chi connectivity index (χ1n) is 4.57. The molecule has 0 spiro atoms.